The van der Waals surface area contributed by atoms with Gasteiger partial charge >= 0.3 is 0 Å². The van der Waals surface area contributed by atoms with Crippen molar-refractivity contribution < 1.29 is 8.42 Å². The molecule has 4 nitrogen and oxygen atoms in total. The van der Waals surface area contributed by atoms with Gasteiger partial charge in [-0.2, -0.15) is 0 Å². The van der Waals surface area contributed by atoms with Crippen LogP contribution in [0, 0.1) is 11.3 Å². The molecule has 108 valence electrons. The molecular weight excluding hydrogens is 248 g/mol. The van der Waals surface area contributed by atoms with Gasteiger partial charge in [0, 0.05) is 19.1 Å². The fourth-order valence-corrected chi connectivity index (χ4v) is 3.44. The van der Waals surface area contributed by atoms with Gasteiger partial charge in [0.1, 0.15) is 0 Å². The van der Waals surface area contributed by atoms with E-state index in [0.29, 0.717) is 18.2 Å². The molecule has 0 saturated carbocycles. The van der Waals surface area contributed by atoms with Crippen molar-refractivity contribution in [1.82, 2.24) is 10.6 Å². The molecule has 0 aromatic heterocycles. The highest BCUT2D eigenvalue weighted by Gasteiger charge is 2.24. The Kier molecular flexibility index (Phi) is 5.62. The van der Waals surface area contributed by atoms with E-state index in [-0.39, 0.29) is 17.2 Å². The summed E-state index contributed by atoms with van der Waals surface area (Å²) in [6.45, 7) is 11.4. The molecule has 1 heterocycles. The molecule has 2 N–H and O–H groups in total. The molecule has 1 aliphatic heterocycles. The Labute approximate surface area is 112 Å². The van der Waals surface area contributed by atoms with Gasteiger partial charge in [-0.1, -0.05) is 27.7 Å². The van der Waals surface area contributed by atoms with Crippen LogP contribution in [0.1, 0.15) is 34.1 Å². The van der Waals surface area contributed by atoms with Crippen molar-refractivity contribution in [3.8, 4) is 0 Å². The van der Waals surface area contributed by atoms with Crippen LogP contribution in [-0.4, -0.2) is 45.6 Å². The van der Waals surface area contributed by atoms with Crippen molar-refractivity contribution in [2.24, 2.45) is 11.3 Å². The van der Waals surface area contributed by atoms with Crippen LogP contribution >= 0.6 is 0 Å². The van der Waals surface area contributed by atoms with Crippen molar-refractivity contribution in [2.45, 2.75) is 40.2 Å². The van der Waals surface area contributed by atoms with E-state index < -0.39 is 9.84 Å². The van der Waals surface area contributed by atoms with Crippen LogP contribution in [0.3, 0.4) is 0 Å². The molecule has 0 bridgehead atoms. The van der Waals surface area contributed by atoms with Crippen LogP contribution in [0.2, 0.25) is 0 Å². The maximum absolute atomic E-state index is 11.5. The van der Waals surface area contributed by atoms with E-state index in [1.165, 1.54) is 0 Å². The normalized spacial score (nSPS) is 24.4. The maximum atomic E-state index is 11.5. The lowest BCUT2D eigenvalue weighted by Gasteiger charge is -2.30. The van der Waals surface area contributed by atoms with E-state index in [1.54, 1.807) is 0 Å². The van der Waals surface area contributed by atoms with E-state index >= 15 is 0 Å². The number of hydrogen-bond acceptors (Lipinski definition) is 4. The first-order chi connectivity index (χ1) is 8.23. The molecule has 0 aromatic rings. The Morgan fingerprint density at radius 1 is 1.39 bits per heavy atom. The summed E-state index contributed by atoms with van der Waals surface area (Å²) in [5.74, 6) is 1.22. The molecule has 18 heavy (non-hydrogen) atoms. The second-order valence-electron chi connectivity index (χ2n) is 6.37. The van der Waals surface area contributed by atoms with Gasteiger partial charge < -0.3 is 10.6 Å². The maximum Gasteiger partial charge on any atom is 0.153 e. The lowest BCUT2D eigenvalue weighted by molar-refractivity contribution is 0.237. The van der Waals surface area contributed by atoms with Gasteiger partial charge in [0.2, 0.25) is 0 Å². The van der Waals surface area contributed by atoms with Crippen molar-refractivity contribution in [1.29, 1.82) is 0 Å². The minimum absolute atomic E-state index is 0.124. The molecule has 0 aliphatic carbocycles. The Morgan fingerprint density at radius 2 is 2.06 bits per heavy atom. The van der Waals surface area contributed by atoms with Crippen LogP contribution in [0.15, 0.2) is 0 Å². The smallest absolute Gasteiger partial charge is 0.153 e. The standard InChI is InChI=1S/C13H28N2O2S/c1-11(2)13(3,4)10-14-6-5-12-9-18(16,17)8-7-15-12/h11-12,14-15H,5-10H2,1-4H3. The third-order valence-corrected chi connectivity index (χ3v) is 5.85. The highest BCUT2D eigenvalue weighted by Crippen LogP contribution is 2.24. The van der Waals surface area contributed by atoms with Gasteiger partial charge in [-0.25, -0.2) is 8.42 Å². The molecule has 1 atom stereocenters. The van der Waals surface area contributed by atoms with Gasteiger partial charge in [0.15, 0.2) is 9.84 Å². The highest BCUT2D eigenvalue weighted by atomic mass is 32.2. The largest absolute Gasteiger partial charge is 0.316 e. The first-order valence-electron chi connectivity index (χ1n) is 6.87. The SMILES string of the molecule is CC(C)C(C)(C)CNCCC1CS(=O)(=O)CCN1. The number of rotatable bonds is 6. The van der Waals surface area contributed by atoms with Crippen molar-refractivity contribution >= 4 is 9.84 Å². The van der Waals surface area contributed by atoms with Crippen LogP contribution in [0.5, 0.6) is 0 Å². The second-order valence-corrected chi connectivity index (χ2v) is 8.60. The zero-order valence-electron chi connectivity index (χ0n) is 12.1. The minimum atomic E-state index is -2.80. The zero-order valence-corrected chi connectivity index (χ0v) is 12.9. The van der Waals surface area contributed by atoms with Crippen LogP contribution < -0.4 is 10.6 Å². The number of hydrogen-bond donors (Lipinski definition) is 2. The summed E-state index contributed by atoms with van der Waals surface area (Å²) in [6, 6.07) is 0.124. The molecule has 1 saturated heterocycles. The summed E-state index contributed by atoms with van der Waals surface area (Å²) >= 11 is 0. The number of nitrogens with one attached hydrogen (secondary N) is 2. The summed E-state index contributed by atoms with van der Waals surface area (Å²) in [5.41, 5.74) is 0.284. The van der Waals surface area contributed by atoms with Gasteiger partial charge in [0.05, 0.1) is 11.5 Å². The molecule has 0 amide bonds. The molecular formula is C13H28N2O2S. The summed E-state index contributed by atoms with van der Waals surface area (Å²) in [4.78, 5) is 0. The molecule has 0 aromatic carbocycles. The topological polar surface area (TPSA) is 58.2 Å². The van der Waals surface area contributed by atoms with Gasteiger partial charge in [-0.05, 0) is 24.3 Å². The van der Waals surface area contributed by atoms with Crippen LogP contribution in [-0.2, 0) is 9.84 Å². The predicted molar refractivity (Wildman–Crippen MR) is 76.6 cm³/mol. The quantitative estimate of drug-likeness (QED) is 0.712. The molecule has 1 aliphatic rings. The highest BCUT2D eigenvalue weighted by molar-refractivity contribution is 7.91. The summed E-state index contributed by atoms with van der Waals surface area (Å²) in [5, 5.41) is 6.72. The first-order valence-corrected chi connectivity index (χ1v) is 8.69. The van der Waals surface area contributed by atoms with E-state index in [4.69, 9.17) is 0 Å². The van der Waals surface area contributed by atoms with E-state index in [0.717, 1.165) is 19.5 Å². The Bertz CT molecular complexity index is 350. The fourth-order valence-electron chi connectivity index (χ4n) is 1.94. The average Bonchev–Trinajstić information content (AvgIpc) is 2.23. The molecule has 1 fully saturated rings. The van der Waals surface area contributed by atoms with E-state index in [2.05, 4.69) is 38.3 Å². The van der Waals surface area contributed by atoms with Gasteiger partial charge in [-0.15, -0.1) is 0 Å². The Morgan fingerprint density at radius 3 is 2.61 bits per heavy atom. The van der Waals surface area contributed by atoms with Crippen LogP contribution in [0.4, 0.5) is 0 Å². The van der Waals surface area contributed by atoms with Crippen molar-refractivity contribution in [3.05, 3.63) is 0 Å². The van der Waals surface area contributed by atoms with Gasteiger partial charge in [0.25, 0.3) is 0 Å². The van der Waals surface area contributed by atoms with Gasteiger partial charge in [-0.3, -0.25) is 0 Å². The molecule has 1 unspecified atom stereocenters. The fraction of sp³-hybridized carbons (Fsp3) is 1.00. The summed E-state index contributed by atoms with van der Waals surface area (Å²) in [6.07, 6.45) is 0.882. The monoisotopic (exact) mass is 276 g/mol. The second kappa shape index (κ2) is 6.35. The Hall–Kier alpha value is -0.130. The molecule has 1 rings (SSSR count). The lowest BCUT2D eigenvalue weighted by Crippen LogP contribution is -2.46. The molecule has 0 radical (unpaired) electrons. The summed E-state index contributed by atoms with van der Waals surface area (Å²) in [7, 11) is -2.80. The lowest BCUT2D eigenvalue weighted by atomic mass is 9.81. The Balaban J connectivity index is 2.22. The molecule has 0 spiro atoms. The molecule has 5 heteroatoms. The summed E-state index contributed by atoms with van der Waals surface area (Å²) < 4.78 is 23.0. The third-order valence-electron chi connectivity index (χ3n) is 4.11. The first kappa shape index (κ1) is 15.9. The predicted octanol–water partition coefficient (Wildman–Crippen LogP) is 1.03. The van der Waals surface area contributed by atoms with E-state index in [9.17, 15) is 8.42 Å². The van der Waals surface area contributed by atoms with Crippen molar-refractivity contribution in [3.63, 3.8) is 0 Å². The van der Waals surface area contributed by atoms with Crippen molar-refractivity contribution in [2.75, 3.05) is 31.1 Å². The number of sulfone groups is 1. The third kappa shape index (κ3) is 5.24. The van der Waals surface area contributed by atoms with E-state index in [1.807, 2.05) is 0 Å². The average molecular weight is 276 g/mol. The zero-order chi connectivity index (χ0) is 13.8. The van der Waals surface area contributed by atoms with Crippen LogP contribution in [0.25, 0.3) is 0 Å². The minimum Gasteiger partial charge on any atom is -0.316 e.